The van der Waals surface area contributed by atoms with Gasteiger partial charge in [-0.2, -0.15) is 5.10 Å². The van der Waals surface area contributed by atoms with Gasteiger partial charge in [-0.15, -0.1) is 0 Å². The second kappa shape index (κ2) is 7.12. The Morgan fingerprint density at radius 3 is 2.64 bits per heavy atom. The molecule has 0 bridgehead atoms. The van der Waals surface area contributed by atoms with E-state index in [1.807, 2.05) is 18.2 Å². The summed E-state index contributed by atoms with van der Waals surface area (Å²) in [4.78, 5) is 22.3. The summed E-state index contributed by atoms with van der Waals surface area (Å²) in [5.41, 5.74) is 5.77. The van der Waals surface area contributed by atoms with E-state index in [0.717, 1.165) is 41.9 Å². The van der Waals surface area contributed by atoms with Crippen LogP contribution < -0.4 is 10.2 Å². The van der Waals surface area contributed by atoms with Gasteiger partial charge in [0.25, 0.3) is 11.6 Å². The van der Waals surface area contributed by atoms with Gasteiger partial charge in [-0.3, -0.25) is 14.9 Å². The number of nitro benzene ring substituents is 1. The number of amides is 1. The topological polar surface area (TPSA) is 93.8 Å². The van der Waals surface area contributed by atoms with Crippen LogP contribution in [0, 0.1) is 10.1 Å². The van der Waals surface area contributed by atoms with Gasteiger partial charge in [0.2, 0.25) is 0 Å². The minimum absolute atomic E-state index is 0.0574. The second-order valence-electron chi connectivity index (χ2n) is 5.68. The van der Waals surface area contributed by atoms with E-state index in [4.69, 9.17) is 4.74 Å². The van der Waals surface area contributed by atoms with Crippen LogP contribution in [0.15, 0.2) is 47.6 Å². The van der Waals surface area contributed by atoms with Crippen molar-refractivity contribution in [3.05, 3.63) is 69.3 Å². The number of non-ortho nitro benzene ring substituents is 1. The molecule has 0 fully saturated rings. The zero-order chi connectivity index (χ0) is 17.8. The molecule has 0 heterocycles. The molecule has 1 aliphatic rings. The fourth-order valence-electron chi connectivity index (χ4n) is 2.80. The number of fused-ring (bicyclic) bond motifs is 1. The Hall–Kier alpha value is -3.22. The average molecular weight is 339 g/mol. The van der Waals surface area contributed by atoms with Crippen molar-refractivity contribution in [1.82, 2.24) is 5.43 Å². The molecule has 0 atom stereocenters. The van der Waals surface area contributed by atoms with E-state index in [0.29, 0.717) is 5.56 Å². The Morgan fingerprint density at radius 2 is 1.96 bits per heavy atom. The van der Waals surface area contributed by atoms with Crippen molar-refractivity contribution in [2.24, 2.45) is 5.10 Å². The number of methoxy groups -OCH3 is 1. The Morgan fingerprint density at radius 1 is 1.20 bits per heavy atom. The Balaban J connectivity index is 1.76. The van der Waals surface area contributed by atoms with E-state index < -0.39 is 10.8 Å². The summed E-state index contributed by atoms with van der Waals surface area (Å²) in [6.45, 7) is 0. The lowest BCUT2D eigenvalue weighted by Gasteiger charge is -2.18. The van der Waals surface area contributed by atoms with Crippen LogP contribution in [0.3, 0.4) is 0 Å². The standard InChI is InChI=1S/C18H17N3O4/c1-25-15-9-10-16-13(11-15)3-2-4-17(16)19-20-18(22)12-5-7-14(8-6-12)21(23)24/h5-11H,2-4H2,1H3,(H,20,22). The van der Waals surface area contributed by atoms with Gasteiger partial charge in [-0.05, 0) is 55.2 Å². The number of rotatable bonds is 4. The van der Waals surface area contributed by atoms with Crippen LogP contribution in [0.25, 0.3) is 0 Å². The van der Waals surface area contributed by atoms with Crippen LogP contribution in [-0.2, 0) is 6.42 Å². The minimum atomic E-state index is -0.505. The Bertz CT molecular complexity index is 844. The molecule has 0 unspecified atom stereocenters. The molecule has 1 aliphatic carbocycles. The SMILES string of the molecule is COc1ccc2c(c1)CCCC2=NNC(=O)c1ccc([N+](=O)[O-])cc1. The molecular formula is C18H17N3O4. The lowest BCUT2D eigenvalue weighted by atomic mass is 9.90. The van der Waals surface area contributed by atoms with Gasteiger partial charge in [0.05, 0.1) is 17.7 Å². The first-order chi connectivity index (χ1) is 12.1. The molecule has 7 heteroatoms. The van der Waals surface area contributed by atoms with Gasteiger partial charge in [0.1, 0.15) is 5.75 Å². The maximum Gasteiger partial charge on any atom is 0.271 e. The fourth-order valence-corrected chi connectivity index (χ4v) is 2.80. The highest BCUT2D eigenvalue weighted by atomic mass is 16.6. The summed E-state index contributed by atoms with van der Waals surface area (Å²) in [6, 6.07) is 11.2. The summed E-state index contributed by atoms with van der Waals surface area (Å²) in [6.07, 6.45) is 2.67. The number of nitrogens with zero attached hydrogens (tertiary/aromatic N) is 2. The predicted octanol–water partition coefficient (Wildman–Crippen LogP) is 3.07. The van der Waals surface area contributed by atoms with Gasteiger partial charge in [0.15, 0.2) is 0 Å². The van der Waals surface area contributed by atoms with Gasteiger partial charge in [-0.25, -0.2) is 5.43 Å². The summed E-state index contributed by atoms with van der Waals surface area (Å²) in [5.74, 6) is 0.401. The number of benzene rings is 2. The third-order valence-corrected chi connectivity index (χ3v) is 4.12. The second-order valence-corrected chi connectivity index (χ2v) is 5.68. The summed E-state index contributed by atoms with van der Waals surface area (Å²) >= 11 is 0. The largest absolute Gasteiger partial charge is 0.497 e. The molecule has 0 aliphatic heterocycles. The Kier molecular flexibility index (Phi) is 4.74. The van der Waals surface area contributed by atoms with Crippen LogP contribution in [0.1, 0.15) is 34.3 Å². The van der Waals surface area contributed by atoms with E-state index in [1.165, 1.54) is 24.3 Å². The zero-order valence-electron chi connectivity index (χ0n) is 13.7. The highest BCUT2D eigenvalue weighted by Crippen LogP contribution is 2.25. The fraction of sp³-hybridized carbons (Fsp3) is 0.222. The smallest absolute Gasteiger partial charge is 0.271 e. The maximum absolute atomic E-state index is 12.2. The number of carbonyl (C=O) groups excluding carboxylic acids is 1. The molecule has 2 aromatic rings. The summed E-state index contributed by atoms with van der Waals surface area (Å²) in [5, 5.41) is 14.9. The van der Waals surface area contributed by atoms with Crippen molar-refractivity contribution in [3.8, 4) is 5.75 Å². The highest BCUT2D eigenvalue weighted by molar-refractivity contribution is 6.04. The van der Waals surface area contributed by atoms with Gasteiger partial charge in [-0.1, -0.05) is 0 Å². The van der Waals surface area contributed by atoms with Crippen molar-refractivity contribution in [1.29, 1.82) is 0 Å². The molecule has 1 N–H and O–H groups in total. The lowest BCUT2D eigenvalue weighted by Crippen LogP contribution is -2.22. The van der Waals surface area contributed by atoms with Crippen LogP contribution in [0.4, 0.5) is 5.69 Å². The molecule has 0 saturated carbocycles. The number of hydrogen-bond acceptors (Lipinski definition) is 5. The minimum Gasteiger partial charge on any atom is -0.497 e. The molecule has 25 heavy (non-hydrogen) atoms. The quantitative estimate of drug-likeness (QED) is 0.684. The molecule has 3 rings (SSSR count). The third kappa shape index (κ3) is 3.65. The zero-order valence-corrected chi connectivity index (χ0v) is 13.7. The van der Waals surface area contributed by atoms with Crippen LogP contribution in [0.5, 0.6) is 5.75 Å². The lowest BCUT2D eigenvalue weighted by molar-refractivity contribution is -0.384. The van der Waals surface area contributed by atoms with E-state index in [2.05, 4.69) is 10.5 Å². The van der Waals surface area contributed by atoms with Crippen molar-refractivity contribution < 1.29 is 14.5 Å². The predicted molar refractivity (Wildman–Crippen MR) is 93.0 cm³/mol. The van der Waals surface area contributed by atoms with Crippen molar-refractivity contribution in [2.75, 3.05) is 7.11 Å². The van der Waals surface area contributed by atoms with Crippen molar-refractivity contribution in [3.63, 3.8) is 0 Å². The van der Waals surface area contributed by atoms with E-state index in [1.54, 1.807) is 7.11 Å². The summed E-state index contributed by atoms with van der Waals surface area (Å²) < 4.78 is 5.24. The summed E-state index contributed by atoms with van der Waals surface area (Å²) in [7, 11) is 1.63. The van der Waals surface area contributed by atoms with Gasteiger partial charge >= 0.3 is 0 Å². The molecule has 0 spiro atoms. The molecule has 0 aromatic heterocycles. The van der Waals surface area contributed by atoms with Crippen LogP contribution >= 0.6 is 0 Å². The molecule has 2 aromatic carbocycles. The van der Waals surface area contributed by atoms with Crippen molar-refractivity contribution >= 4 is 17.3 Å². The van der Waals surface area contributed by atoms with E-state index in [9.17, 15) is 14.9 Å². The first-order valence-electron chi connectivity index (χ1n) is 7.87. The van der Waals surface area contributed by atoms with Crippen LogP contribution in [-0.4, -0.2) is 23.7 Å². The van der Waals surface area contributed by atoms with Crippen LogP contribution in [0.2, 0.25) is 0 Å². The number of nitro groups is 1. The number of ether oxygens (including phenoxy) is 1. The number of aryl methyl sites for hydroxylation is 1. The first-order valence-corrected chi connectivity index (χ1v) is 7.87. The third-order valence-electron chi connectivity index (χ3n) is 4.12. The molecule has 1 amide bonds. The first kappa shape index (κ1) is 16.6. The normalized spacial score (nSPS) is 14.7. The number of carbonyl (C=O) groups is 1. The molecule has 7 nitrogen and oxygen atoms in total. The number of nitrogens with one attached hydrogen (secondary N) is 1. The molecule has 0 saturated heterocycles. The maximum atomic E-state index is 12.2. The van der Waals surface area contributed by atoms with Gasteiger partial charge in [0, 0.05) is 23.3 Å². The highest BCUT2D eigenvalue weighted by Gasteiger charge is 2.17. The number of hydrazone groups is 1. The Labute approximate surface area is 144 Å². The average Bonchev–Trinajstić information content (AvgIpc) is 2.65. The molecule has 128 valence electrons. The molecule has 0 radical (unpaired) electrons. The monoisotopic (exact) mass is 339 g/mol. The van der Waals surface area contributed by atoms with E-state index in [-0.39, 0.29) is 5.69 Å². The molecular weight excluding hydrogens is 322 g/mol. The van der Waals surface area contributed by atoms with Crippen molar-refractivity contribution in [2.45, 2.75) is 19.3 Å². The number of hydrogen-bond donors (Lipinski definition) is 1. The van der Waals surface area contributed by atoms with E-state index >= 15 is 0 Å². The van der Waals surface area contributed by atoms with Gasteiger partial charge < -0.3 is 4.74 Å².